The van der Waals surface area contributed by atoms with Gasteiger partial charge >= 0.3 is 0 Å². The molecule has 2 aliphatic rings. The van der Waals surface area contributed by atoms with Crippen molar-refractivity contribution in [3.63, 3.8) is 0 Å². The van der Waals surface area contributed by atoms with Gasteiger partial charge in [-0.3, -0.25) is 4.79 Å². The molecular weight excluding hydrogens is 349 g/mol. The van der Waals surface area contributed by atoms with Crippen LogP contribution >= 0.6 is 0 Å². The molecule has 1 fully saturated rings. The van der Waals surface area contributed by atoms with Crippen molar-refractivity contribution < 1.29 is 19.0 Å². The molecule has 0 bridgehead atoms. The van der Waals surface area contributed by atoms with Gasteiger partial charge in [-0.1, -0.05) is 11.8 Å². The lowest BCUT2D eigenvalue weighted by Crippen LogP contribution is -2.19. The maximum atomic E-state index is 14.5. The van der Waals surface area contributed by atoms with Crippen molar-refractivity contribution >= 4 is 23.2 Å². The molecule has 0 saturated carbocycles. The first-order chi connectivity index (χ1) is 13.1. The molecule has 1 amide bonds. The Morgan fingerprint density at radius 3 is 2.96 bits per heavy atom. The van der Waals surface area contributed by atoms with Crippen LogP contribution in [0.15, 0.2) is 24.4 Å². The number of ether oxygens (including phenoxy) is 1. The van der Waals surface area contributed by atoms with Gasteiger partial charge in [0.25, 0.3) is 5.91 Å². The van der Waals surface area contributed by atoms with Crippen LogP contribution in [0, 0.1) is 17.7 Å². The number of aromatic amines is 1. The summed E-state index contributed by atoms with van der Waals surface area (Å²) in [5.74, 6) is 5.57. The lowest BCUT2D eigenvalue weighted by Gasteiger charge is -2.05. The Balaban J connectivity index is 1.79. The molecule has 6 nitrogen and oxygen atoms in total. The predicted molar refractivity (Wildman–Crippen MR) is 99.5 cm³/mol. The zero-order chi connectivity index (χ0) is 19.0. The molecule has 0 aliphatic carbocycles. The van der Waals surface area contributed by atoms with E-state index in [1.165, 1.54) is 19.2 Å². The predicted octanol–water partition coefficient (Wildman–Crippen LogP) is 1.73. The second-order valence-electron chi connectivity index (χ2n) is 6.44. The number of hydrogen-bond donors (Lipinski definition) is 4. The highest BCUT2D eigenvalue weighted by Crippen LogP contribution is 2.37. The molecule has 4 N–H and O–H groups in total. The molecule has 3 heterocycles. The van der Waals surface area contributed by atoms with Gasteiger partial charge in [0, 0.05) is 24.7 Å². The van der Waals surface area contributed by atoms with E-state index in [0.29, 0.717) is 41.2 Å². The SMILES string of the molecule is COc1cc[nH]c1C=C1C(=O)Nc2ccc(F)c(C#C[C@@H]3C[C@H](O)CN3)c21. The topological polar surface area (TPSA) is 86.4 Å². The van der Waals surface area contributed by atoms with E-state index < -0.39 is 11.9 Å². The summed E-state index contributed by atoms with van der Waals surface area (Å²) < 4.78 is 19.8. The number of β-amino-alcohol motifs (C(OH)–C–C–N with tert-alkyl or cyclic N) is 1. The van der Waals surface area contributed by atoms with E-state index >= 15 is 0 Å². The van der Waals surface area contributed by atoms with E-state index in [1.54, 1.807) is 18.3 Å². The van der Waals surface area contributed by atoms with E-state index in [4.69, 9.17) is 4.74 Å². The number of aromatic nitrogens is 1. The van der Waals surface area contributed by atoms with E-state index in [2.05, 4.69) is 27.5 Å². The van der Waals surface area contributed by atoms with Gasteiger partial charge in [-0.2, -0.15) is 0 Å². The number of carbonyl (C=O) groups is 1. The molecule has 1 aromatic carbocycles. The van der Waals surface area contributed by atoms with Crippen molar-refractivity contribution in [2.45, 2.75) is 18.6 Å². The highest BCUT2D eigenvalue weighted by atomic mass is 19.1. The van der Waals surface area contributed by atoms with E-state index in [9.17, 15) is 14.3 Å². The third kappa shape index (κ3) is 3.21. The summed E-state index contributed by atoms with van der Waals surface area (Å²) in [6, 6.07) is 4.34. The number of benzene rings is 1. The Labute approximate surface area is 155 Å². The van der Waals surface area contributed by atoms with Crippen LogP contribution in [0.5, 0.6) is 5.75 Å². The second kappa shape index (κ2) is 6.91. The number of fused-ring (bicyclic) bond motifs is 1. The molecule has 7 heteroatoms. The first-order valence-corrected chi connectivity index (χ1v) is 8.57. The van der Waals surface area contributed by atoms with Gasteiger partial charge in [0.15, 0.2) is 0 Å². The first-order valence-electron chi connectivity index (χ1n) is 8.57. The van der Waals surface area contributed by atoms with Crippen LogP contribution in [0.4, 0.5) is 10.1 Å². The lowest BCUT2D eigenvalue weighted by atomic mass is 9.98. The quantitative estimate of drug-likeness (QED) is 0.481. The lowest BCUT2D eigenvalue weighted by molar-refractivity contribution is -0.110. The number of rotatable bonds is 2. The van der Waals surface area contributed by atoms with Crippen LogP contribution in [0.3, 0.4) is 0 Å². The monoisotopic (exact) mass is 367 g/mol. The van der Waals surface area contributed by atoms with Gasteiger partial charge in [0.2, 0.25) is 0 Å². The van der Waals surface area contributed by atoms with Crippen LogP contribution in [0.1, 0.15) is 23.2 Å². The minimum atomic E-state index is -0.499. The average molecular weight is 367 g/mol. The molecule has 2 atom stereocenters. The smallest absolute Gasteiger partial charge is 0.256 e. The number of aliphatic hydroxyl groups excluding tert-OH is 1. The molecule has 27 heavy (non-hydrogen) atoms. The highest BCUT2D eigenvalue weighted by molar-refractivity contribution is 6.35. The van der Waals surface area contributed by atoms with Gasteiger partial charge in [-0.15, -0.1) is 0 Å². The molecule has 0 radical (unpaired) electrons. The molecule has 1 saturated heterocycles. The summed E-state index contributed by atoms with van der Waals surface area (Å²) in [5.41, 5.74) is 2.03. The number of aliphatic hydroxyl groups is 1. The van der Waals surface area contributed by atoms with Crippen LogP contribution in [0.2, 0.25) is 0 Å². The maximum Gasteiger partial charge on any atom is 0.256 e. The van der Waals surface area contributed by atoms with Crippen molar-refractivity contribution in [3.8, 4) is 17.6 Å². The Kier molecular flexibility index (Phi) is 4.44. The average Bonchev–Trinajstić information content (AvgIpc) is 3.35. The molecule has 4 rings (SSSR count). The number of nitrogens with one attached hydrogen (secondary N) is 3. The van der Waals surface area contributed by atoms with Crippen molar-refractivity contribution in [1.82, 2.24) is 10.3 Å². The van der Waals surface area contributed by atoms with Crippen LogP contribution in [-0.4, -0.2) is 41.8 Å². The van der Waals surface area contributed by atoms with Gasteiger partial charge in [-0.05, 0) is 24.3 Å². The largest absolute Gasteiger partial charge is 0.495 e. The molecule has 2 aromatic rings. The molecule has 138 valence electrons. The van der Waals surface area contributed by atoms with Crippen molar-refractivity contribution in [2.24, 2.45) is 0 Å². The third-order valence-corrected chi connectivity index (χ3v) is 4.64. The van der Waals surface area contributed by atoms with Gasteiger partial charge in [0.1, 0.15) is 11.6 Å². The molecular formula is C20H18FN3O3. The number of amides is 1. The Morgan fingerprint density at radius 2 is 2.22 bits per heavy atom. The number of hydrogen-bond acceptors (Lipinski definition) is 4. The number of methoxy groups -OCH3 is 1. The summed E-state index contributed by atoms with van der Waals surface area (Å²) in [5, 5.41) is 15.4. The third-order valence-electron chi connectivity index (χ3n) is 4.64. The summed E-state index contributed by atoms with van der Waals surface area (Å²) in [7, 11) is 1.54. The van der Waals surface area contributed by atoms with Gasteiger partial charge in [-0.25, -0.2) is 4.39 Å². The summed E-state index contributed by atoms with van der Waals surface area (Å²) in [6.45, 7) is 0.465. The second-order valence-corrected chi connectivity index (χ2v) is 6.44. The van der Waals surface area contributed by atoms with Crippen molar-refractivity contribution in [2.75, 3.05) is 19.0 Å². The van der Waals surface area contributed by atoms with Crippen LogP contribution in [0.25, 0.3) is 11.6 Å². The standard InChI is InChI=1S/C20H18FN3O3/c1-27-18-6-7-22-17(18)9-14-19-13(3-2-11-8-12(25)10-23-11)15(21)4-5-16(19)24-20(14)26/h4-7,9,11-12,22-23,25H,8,10H2,1H3,(H,24,26)/t11-,12+/m1/s1. The number of carbonyl (C=O) groups excluding carboxylic acids is 1. The fraction of sp³-hybridized carbons (Fsp3) is 0.250. The zero-order valence-corrected chi connectivity index (χ0v) is 14.6. The Morgan fingerprint density at radius 1 is 1.37 bits per heavy atom. The minimum absolute atomic E-state index is 0.158. The summed E-state index contributed by atoms with van der Waals surface area (Å²) >= 11 is 0. The summed E-state index contributed by atoms with van der Waals surface area (Å²) in [6.07, 6.45) is 3.36. The van der Waals surface area contributed by atoms with Crippen molar-refractivity contribution in [1.29, 1.82) is 0 Å². The summed E-state index contributed by atoms with van der Waals surface area (Å²) in [4.78, 5) is 15.5. The number of H-pyrrole nitrogens is 1. The van der Waals surface area contributed by atoms with Gasteiger partial charge in [0.05, 0.1) is 41.8 Å². The number of anilines is 1. The Hall–Kier alpha value is -3.08. The molecule has 0 spiro atoms. The van der Waals surface area contributed by atoms with Crippen LogP contribution in [-0.2, 0) is 4.79 Å². The van der Waals surface area contributed by atoms with E-state index in [1.807, 2.05) is 0 Å². The normalized spacial score (nSPS) is 22.3. The van der Waals surface area contributed by atoms with E-state index in [-0.39, 0.29) is 17.5 Å². The van der Waals surface area contributed by atoms with Crippen LogP contribution < -0.4 is 15.4 Å². The van der Waals surface area contributed by atoms with Crippen molar-refractivity contribution in [3.05, 3.63) is 47.0 Å². The highest BCUT2D eigenvalue weighted by Gasteiger charge is 2.29. The minimum Gasteiger partial charge on any atom is -0.495 e. The number of halogens is 1. The molecule has 2 aliphatic heterocycles. The van der Waals surface area contributed by atoms with E-state index in [0.717, 1.165) is 0 Å². The maximum absolute atomic E-state index is 14.5. The fourth-order valence-corrected chi connectivity index (χ4v) is 3.31. The zero-order valence-electron chi connectivity index (χ0n) is 14.6. The molecule has 1 aromatic heterocycles. The van der Waals surface area contributed by atoms with Gasteiger partial charge < -0.3 is 25.5 Å². The molecule has 0 unspecified atom stereocenters. The fourth-order valence-electron chi connectivity index (χ4n) is 3.31. The Bertz CT molecular complexity index is 1000. The first kappa shape index (κ1) is 17.3.